The highest BCUT2D eigenvalue weighted by Crippen LogP contribution is 2.36. The fourth-order valence-corrected chi connectivity index (χ4v) is 7.21. The van der Waals surface area contributed by atoms with Crippen LogP contribution in [-0.4, -0.2) is 56.3 Å². The van der Waals surface area contributed by atoms with Crippen molar-refractivity contribution in [1.29, 1.82) is 0 Å². The molecule has 12 heteroatoms. The van der Waals surface area contributed by atoms with E-state index in [1.54, 1.807) is 36.4 Å². The van der Waals surface area contributed by atoms with E-state index in [4.69, 9.17) is 32.7 Å². The predicted molar refractivity (Wildman–Crippen MR) is 175 cm³/mol. The molecule has 0 radical (unpaired) electrons. The van der Waals surface area contributed by atoms with Crippen molar-refractivity contribution in [2.24, 2.45) is 0 Å². The molecule has 1 aliphatic carbocycles. The van der Waals surface area contributed by atoms with Crippen molar-refractivity contribution in [2.45, 2.75) is 64.1 Å². The molecule has 2 amide bonds. The summed E-state index contributed by atoms with van der Waals surface area (Å²) < 4.78 is 38.8. The summed E-state index contributed by atoms with van der Waals surface area (Å²) in [6.45, 7) is 0.959. The van der Waals surface area contributed by atoms with Gasteiger partial charge in [-0.05, 0) is 55.2 Å². The van der Waals surface area contributed by atoms with Gasteiger partial charge in [0.1, 0.15) is 12.6 Å². The van der Waals surface area contributed by atoms with E-state index in [2.05, 4.69) is 5.32 Å². The van der Waals surface area contributed by atoms with Crippen molar-refractivity contribution < 1.29 is 27.5 Å². The second-order valence-electron chi connectivity index (χ2n) is 11.3. The lowest BCUT2D eigenvalue weighted by Crippen LogP contribution is -2.55. The number of anilines is 1. The molecule has 45 heavy (non-hydrogen) atoms. The van der Waals surface area contributed by atoms with Crippen LogP contribution in [0.5, 0.6) is 11.5 Å². The highest BCUT2D eigenvalue weighted by molar-refractivity contribution is 7.92. The molecule has 5 rings (SSSR count). The Morgan fingerprint density at radius 2 is 1.69 bits per heavy atom. The summed E-state index contributed by atoms with van der Waals surface area (Å²) in [6, 6.07) is 18.2. The van der Waals surface area contributed by atoms with E-state index in [-0.39, 0.29) is 43.1 Å². The number of sulfonamides is 1. The molecule has 1 N–H and O–H groups in total. The van der Waals surface area contributed by atoms with Crippen molar-refractivity contribution in [3.05, 3.63) is 87.9 Å². The number of carbonyl (C=O) groups excluding carboxylic acids is 2. The van der Waals surface area contributed by atoms with Crippen molar-refractivity contribution in [2.75, 3.05) is 23.4 Å². The number of hydrogen-bond donors (Lipinski definition) is 1. The Bertz CT molecular complexity index is 1620. The lowest BCUT2D eigenvalue weighted by Gasteiger charge is -2.35. The van der Waals surface area contributed by atoms with Crippen LogP contribution >= 0.6 is 23.2 Å². The van der Waals surface area contributed by atoms with Crippen LogP contribution in [0.15, 0.2) is 66.7 Å². The number of hydrogen-bond acceptors (Lipinski definition) is 6. The fraction of sp³-hybridized carbons (Fsp3) is 0.394. The van der Waals surface area contributed by atoms with E-state index < -0.39 is 28.5 Å². The molecule has 0 aromatic heterocycles. The van der Waals surface area contributed by atoms with Crippen molar-refractivity contribution in [1.82, 2.24) is 10.2 Å². The zero-order valence-electron chi connectivity index (χ0n) is 25.1. The number of nitrogens with zero attached hydrogens (tertiary/aromatic N) is 2. The van der Waals surface area contributed by atoms with Crippen molar-refractivity contribution in [3.63, 3.8) is 0 Å². The lowest BCUT2D eigenvalue weighted by molar-refractivity contribution is -0.140. The molecule has 0 spiro atoms. The molecule has 1 fully saturated rings. The Morgan fingerprint density at radius 1 is 0.956 bits per heavy atom. The third kappa shape index (κ3) is 8.23. The third-order valence-corrected chi connectivity index (χ3v) is 10.5. The Hall–Kier alpha value is -3.47. The number of amides is 2. The minimum Gasteiger partial charge on any atom is -0.454 e. The number of benzene rings is 3. The average Bonchev–Trinajstić information content (AvgIpc) is 3.51. The monoisotopic (exact) mass is 673 g/mol. The molecule has 0 bridgehead atoms. The van der Waals surface area contributed by atoms with Crippen LogP contribution in [0, 0.1) is 0 Å². The number of fused-ring (bicyclic) bond motifs is 1. The van der Waals surface area contributed by atoms with E-state index in [0.29, 0.717) is 27.1 Å². The maximum atomic E-state index is 14.4. The van der Waals surface area contributed by atoms with Crippen LogP contribution in [0.25, 0.3) is 0 Å². The van der Waals surface area contributed by atoms with E-state index in [0.717, 1.165) is 42.0 Å². The first-order chi connectivity index (χ1) is 21.6. The van der Waals surface area contributed by atoms with Gasteiger partial charge in [-0.2, -0.15) is 0 Å². The summed E-state index contributed by atoms with van der Waals surface area (Å²) in [4.78, 5) is 30.0. The molecule has 240 valence electrons. The van der Waals surface area contributed by atoms with E-state index >= 15 is 0 Å². The molecule has 0 saturated heterocycles. The quantitative estimate of drug-likeness (QED) is 0.254. The van der Waals surface area contributed by atoms with Gasteiger partial charge in [-0.25, -0.2) is 8.42 Å². The first-order valence-electron chi connectivity index (χ1n) is 15.1. The highest BCUT2D eigenvalue weighted by atomic mass is 35.5. The Kier molecular flexibility index (Phi) is 10.8. The second kappa shape index (κ2) is 14.7. The molecule has 3 aromatic rings. The number of rotatable bonds is 12. The van der Waals surface area contributed by atoms with Crippen LogP contribution in [0.2, 0.25) is 10.0 Å². The number of ether oxygens (including phenoxy) is 2. The third-order valence-electron chi connectivity index (χ3n) is 8.20. The van der Waals surface area contributed by atoms with Gasteiger partial charge in [-0.3, -0.25) is 13.9 Å². The molecule has 3 aromatic carbocycles. The van der Waals surface area contributed by atoms with Gasteiger partial charge in [-0.1, -0.05) is 78.9 Å². The summed E-state index contributed by atoms with van der Waals surface area (Å²) >= 11 is 12.7. The number of carbonyl (C=O) groups is 2. The maximum absolute atomic E-state index is 14.4. The Morgan fingerprint density at radius 3 is 2.40 bits per heavy atom. The van der Waals surface area contributed by atoms with Crippen LogP contribution in [0.4, 0.5) is 5.69 Å². The fourth-order valence-electron chi connectivity index (χ4n) is 5.69. The summed E-state index contributed by atoms with van der Waals surface area (Å²) in [5, 5.41) is 3.95. The van der Waals surface area contributed by atoms with Gasteiger partial charge in [0.2, 0.25) is 28.6 Å². The first-order valence-corrected chi connectivity index (χ1v) is 17.5. The van der Waals surface area contributed by atoms with Gasteiger partial charge in [0, 0.05) is 35.1 Å². The number of nitrogens with one attached hydrogen (secondary N) is 1. The molecule has 1 aliphatic heterocycles. The van der Waals surface area contributed by atoms with Crippen LogP contribution < -0.4 is 19.1 Å². The topological polar surface area (TPSA) is 105 Å². The summed E-state index contributed by atoms with van der Waals surface area (Å²) in [6.07, 6.45) is 5.14. The van der Waals surface area contributed by atoms with Gasteiger partial charge < -0.3 is 19.7 Å². The summed E-state index contributed by atoms with van der Waals surface area (Å²) in [5.74, 6) is -0.226. The van der Waals surface area contributed by atoms with Crippen LogP contribution in [0.1, 0.15) is 50.2 Å². The minimum absolute atomic E-state index is 0.00574. The van der Waals surface area contributed by atoms with Gasteiger partial charge in [0.15, 0.2) is 11.5 Å². The molecule has 1 atom stereocenters. The maximum Gasteiger partial charge on any atom is 0.244 e. The largest absolute Gasteiger partial charge is 0.454 e. The van der Waals surface area contributed by atoms with E-state index in [9.17, 15) is 18.0 Å². The highest BCUT2D eigenvalue weighted by Gasteiger charge is 2.35. The zero-order chi connectivity index (χ0) is 32.0. The Balaban J connectivity index is 1.53. The normalized spacial score (nSPS) is 15.4. The summed E-state index contributed by atoms with van der Waals surface area (Å²) in [5.41, 5.74) is 1.69. The van der Waals surface area contributed by atoms with Crippen molar-refractivity contribution >= 4 is 50.7 Å². The predicted octanol–water partition coefficient (Wildman–Crippen LogP) is 5.97. The molecular formula is C33H37Cl2N3O6S. The molecule has 2 aliphatic rings. The minimum atomic E-state index is -3.93. The van der Waals surface area contributed by atoms with Crippen molar-refractivity contribution in [3.8, 4) is 11.5 Å². The average molecular weight is 675 g/mol. The van der Waals surface area contributed by atoms with Gasteiger partial charge >= 0.3 is 0 Å². The molecule has 9 nitrogen and oxygen atoms in total. The van der Waals surface area contributed by atoms with E-state index in [1.165, 1.54) is 11.8 Å². The number of halogens is 2. The van der Waals surface area contributed by atoms with Crippen LogP contribution in [0.3, 0.4) is 0 Å². The molecule has 0 unspecified atom stereocenters. The zero-order valence-corrected chi connectivity index (χ0v) is 27.4. The van der Waals surface area contributed by atoms with Gasteiger partial charge in [-0.15, -0.1) is 0 Å². The van der Waals surface area contributed by atoms with Gasteiger partial charge in [0.25, 0.3) is 0 Å². The first kappa shape index (κ1) is 32.9. The molecule has 1 heterocycles. The second-order valence-corrected chi connectivity index (χ2v) is 14.3. The SMILES string of the molecule is CCS(=O)(=O)N(CC(=O)N(Cc1ccc(Cl)cc1Cl)[C@H](Cc1ccccc1)C(=O)NC1CCCCC1)c1ccc2c(c1)OCO2. The van der Waals surface area contributed by atoms with E-state index in [1.807, 2.05) is 30.3 Å². The molecule has 1 saturated carbocycles. The summed E-state index contributed by atoms with van der Waals surface area (Å²) in [7, 11) is -3.93. The van der Waals surface area contributed by atoms with Crippen LogP contribution in [-0.2, 0) is 32.6 Å². The van der Waals surface area contributed by atoms with Gasteiger partial charge in [0.05, 0.1) is 11.4 Å². The standard InChI is InChI=1S/C33H37Cl2N3O6S/c1-2-45(41,42)38(27-15-16-30-31(19-27)44-22-43-30)21-32(39)37(20-24-13-14-25(34)18-28(24)35)29(17-23-9-5-3-6-10-23)33(40)36-26-11-7-4-8-12-26/h3,5-6,9-10,13-16,18-19,26,29H,2,4,7-8,11-12,17,20-22H2,1H3,(H,36,40)/t29-/m1/s1. The lowest BCUT2D eigenvalue weighted by atomic mass is 9.94. The smallest absolute Gasteiger partial charge is 0.244 e. The molecular weight excluding hydrogens is 637 g/mol. The Labute approximate surface area is 274 Å².